The van der Waals surface area contributed by atoms with Gasteiger partial charge in [0.2, 0.25) is 5.91 Å². The standard InChI is InChI=1S/C23H25ClN2O6/c1-4-14-5-7-16(8-6-14)26-12-15(9-22(26)28)23(29)32-13-21(27)25-18-10-17(24)19(30-2)11-20(18)31-3/h5-8,10-11,15H,4,9,12-13H2,1-3H3,(H,25,27). The molecule has 2 aromatic carbocycles. The Morgan fingerprint density at radius 2 is 1.81 bits per heavy atom. The molecule has 1 unspecified atom stereocenters. The summed E-state index contributed by atoms with van der Waals surface area (Å²) in [5.41, 5.74) is 2.22. The summed E-state index contributed by atoms with van der Waals surface area (Å²) in [7, 11) is 2.91. The number of amides is 2. The highest BCUT2D eigenvalue weighted by molar-refractivity contribution is 6.32. The number of anilines is 2. The molecule has 0 saturated carbocycles. The minimum Gasteiger partial charge on any atom is -0.495 e. The second-order valence-corrected chi connectivity index (χ2v) is 7.68. The molecule has 0 radical (unpaired) electrons. The molecule has 3 rings (SSSR count). The van der Waals surface area contributed by atoms with E-state index in [2.05, 4.69) is 12.2 Å². The second kappa shape index (κ2) is 10.4. The van der Waals surface area contributed by atoms with E-state index in [1.54, 1.807) is 4.90 Å². The highest BCUT2D eigenvalue weighted by atomic mass is 35.5. The molecule has 170 valence electrons. The van der Waals surface area contributed by atoms with Crippen molar-refractivity contribution < 1.29 is 28.6 Å². The Kier molecular flexibility index (Phi) is 7.58. The Labute approximate surface area is 191 Å². The fraction of sp³-hybridized carbons (Fsp3) is 0.348. The van der Waals surface area contributed by atoms with Crippen LogP contribution in [0.25, 0.3) is 0 Å². The second-order valence-electron chi connectivity index (χ2n) is 7.27. The molecule has 0 bridgehead atoms. The van der Waals surface area contributed by atoms with E-state index in [4.69, 9.17) is 25.8 Å². The zero-order valence-corrected chi connectivity index (χ0v) is 18.9. The number of hydrogen-bond acceptors (Lipinski definition) is 6. The highest BCUT2D eigenvalue weighted by Gasteiger charge is 2.36. The lowest BCUT2D eigenvalue weighted by Crippen LogP contribution is -2.28. The molecule has 8 nitrogen and oxygen atoms in total. The van der Waals surface area contributed by atoms with Crippen LogP contribution >= 0.6 is 11.6 Å². The maximum atomic E-state index is 12.4. The van der Waals surface area contributed by atoms with Crippen molar-refractivity contribution in [1.82, 2.24) is 0 Å². The molecule has 1 saturated heterocycles. The molecule has 0 aromatic heterocycles. The van der Waals surface area contributed by atoms with Crippen LogP contribution in [0, 0.1) is 5.92 Å². The van der Waals surface area contributed by atoms with Crippen molar-refractivity contribution >= 4 is 40.8 Å². The fourth-order valence-corrected chi connectivity index (χ4v) is 3.67. The molecule has 0 spiro atoms. The number of benzene rings is 2. The normalized spacial score (nSPS) is 15.4. The predicted molar refractivity (Wildman–Crippen MR) is 120 cm³/mol. The van der Waals surface area contributed by atoms with E-state index in [1.807, 2.05) is 24.3 Å². The average Bonchev–Trinajstić information content (AvgIpc) is 3.19. The Morgan fingerprint density at radius 3 is 2.44 bits per heavy atom. The van der Waals surface area contributed by atoms with Crippen LogP contribution in [0.1, 0.15) is 18.9 Å². The first kappa shape index (κ1) is 23.4. The van der Waals surface area contributed by atoms with Gasteiger partial charge in [-0.3, -0.25) is 14.4 Å². The van der Waals surface area contributed by atoms with Gasteiger partial charge in [-0.1, -0.05) is 30.7 Å². The van der Waals surface area contributed by atoms with Crippen LogP contribution in [-0.4, -0.2) is 45.2 Å². The summed E-state index contributed by atoms with van der Waals surface area (Å²) in [6, 6.07) is 10.7. The van der Waals surface area contributed by atoms with Gasteiger partial charge in [-0.2, -0.15) is 0 Å². The number of carbonyl (C=O) groups is 3. The number of nitrogens with zero attached hydrogens (tertiary/aromatic N) is 1. The molecule has 2 aromatic rings. The number of nitrogens with one attached hydrogen (secondary N) is 1. The van der Waals surface area contributed by atoms with Crippen LogP contribution in [0.4, 0.5) is 11.4 Å². The molecule has 1 aliphatic rings. The third-order valence-electron chi connectivity index (χ3n) is 5.21. The summed E-state index contributed by atoms with van der Waals surface area (Å²) in [6.07, 6.45) is 0.942. The summed E-state index contributed by atoms with van der Waals surface area (Å²) in [6.45, 7) is 1.77. The number of hydrogen-bond donors (Lipinski definition) is 1. The number of halogens is 1. The van der Waals surface area contributed by atoms with E-state index < -0.39 is 24.4 Å². The Morgan fingerprint density at radius 1 is 1.12 bits per heavy atom. The molecule has 1 aliphatic heterocycles. The van der Waals surface area contributed by atoms with Gasteiger partial charge in [-0.05, 0) is 30.2 Å². The summed E-state index contributed by atoms with van der Waals surface area (Å²) in [4.78, 5) is 38.7. The van der Waals surface area contributed by atoms with Crippen LogP contribution in [0.15, 0.2) is 36.4 Å². The van der Waals surface area contributed by atoms with Gasteiger partial charge in [0.05, 0.1) is 30.8 Å². The molecule has 1 atom stereocenters. The van der Waals surface area contributed by atoms with E-state index in [1.165, 1.54) is 26.4 Å². The third kappa shape index (κ3) is 5.31. The van der Waals surface area contributed by atoms with Crippen molar-refractivity contribution in [2.45, 2.75) is 19.8 Å². The number of esters is 1. The van der Waals surface area contributed by atoms with Gasteiger partial charge in [0, 0.05) is 24.7 Å². The topological polar surface area (TPSA) is 94.2 Å². The third-order valence-corrected chi connectivity index (χ3v) is 5.50. The summed E-state index contributed by atoms with van der Waals surface area (Å²) >= 11 is 6.10. The minimum atomic E-state index is -0.633. The molecule has 1 fully saturated rings. The van der Waals surface area contributed by atoms with Crippen LogP contribution in [-0.2, 0) is 25.5 Å². The first-order valence-electron chi connectivity index (χ1n) is 10.1. The van der Waals surface area contributed by atoms with Crippen molar-refractivity contribution in [3.8, 4) is 11.5 Å². The zero-order chi connectivity index (χ0) is 23.3. The lowest BCUT2D eigenvalue weighted by atomic mass is 10.1. The van der Waals surface area contributed by atoms with Gasteiger partial charge in [-0.25, -0.2) is 0 Å². The Balaban J connectivity index is 1.56. The number of ether oxygens (including phenoxy) is 3. The quantitative estimate of drug-likeness (QED) is 0.606. The molecular formula is C23H25ClN2O6. The summed E-state index contributed by atoms with van der Waals surface area (Å²) in [5.74, 6) is -1.20. The van der Waals surface area contributed by atoms with E-state index in [0.29, 0.717) is 17.2 Å². The van der Waals surface area contributed by atoms with E-state index in [-0.39, 0.29) is 23.9 Å². The molecule has 0 aliphatic carbocycles. The number of carbonyl (C=O) groups excluding carboxylic acids is 3. The van der Waals surface area contributed by atoms with Gasteiger partial charge in [-0.15, -0.1) is 0 Å². The van der Waals surface area contributed by atoms with E-state index in [0.717, 1.165) is 17.7 Å². The van der Waals surface area contributed by atoms with Gasteiger partial charge in [0.1, 0.15) is 11.5 Å². The van der Waals surface area contributed by atoms with Crippen molar-refractivity contribution in [2.24, 2.45) is 5.92 Å². The molecule has 9 heteroatoms. The van der Waals surface area contributed by atoms with Crippen LogP contribution < -0.4 is 19.7 Å². The van der Waals surface area contributed by atoms with Gasteiger partial charge >= 0.3 is 5.97 Å². The smallest absolute Gasteiger partial charge is 0.311 e. The number of methoxy groups -OCH3 is 2. The van der Waals surface area contributed by atoms with E-state index in [9.17, 15) is 14.4 Å². The zero-order valence-electron chi connectivity index (χ0n) is 18.1. The first-order valence-corrected chi connectivity index (χ1v) is 10.5. The molecule has 2 amide bonds. The van der Waals surface area contributed by atoms with Gasteiger partial charge in [0.15, 0.2) is 6.61 Å². The first-order chi connectivity index (χ1) is 15.4. The summed E-state index contributed by atoms with van der Waals surface area (Å²) in [5, 5.41) is 2.88. The lowest BCUT2D eigenvalue weighted by molar-refractivity contribution is -0.151. The van der Waals surface area contributed by atoms with Crippen LogP contribution in [0.2, 0.25) is 5.02 Å². The Bertz CT molecular complexity index is 1010. The lowest BCUT2D eigenvalue weighted by Gasteiger charge is -2.17. The average molecular weight is 461 g/mol. The number of aryl methyl sites for hydroxylation is 1. The number of rotatable bonds is 8. The van der Waals surface area contributed by atoms with Gasteiger partial charge < -0.3 is 24.4 Å². The monoisotopic (exact) mass is 460 g/mol. The van der Waals surface area contributed by atoms with Crippen LogP contribution in [0.5, 0.6) is 11.5 Å². The molecule has 32 heavy (non-hydrogen) atoms. The van der Waals surface area contributed by atoms with Crippen molar-refractivity contribution in [2.75, 3.05) is 37.6 Å². The maximum absolute atomic E-state index is 12.4. The largest absolute Gasteiger partial charge is 0.495 e. The molecule has 1 N–H and O–H groups in total. The summed E-state index contributed by atoms with van der Waals surface area (Å²) < 4.78 is 15.5. The molecular weight excluding hydrogens is 436 g/mol. The van der Waals surface area contributed by atoms with Crippen molar-refractivity contribution in [3.63, 3.8) is 0 Å². The highest BCUT2D eigenvalue weighted by Crippen LogP contribution is 2.35. The van der Waals surface area contributed by atoms with Crippen LogP contribution in [0.3, 0.4) is 0 Å². The predicted octanol–water partition coefficient (Wildman–Crippen LogP) is 3.45. The fourth-order valence-electron chi connectivity index (χ4n) is 3.43. The SMILES string of the molecule is CCc1ccc(N2CC(C(=O)OCC(=O)Nc3cc(Cl)c(OC)cc3OC)CC2=O)cc1. The maximum Gasteiger partial charge on any atom is 0.311 e. The minimum absolute atomic E-state index is 0.0396. The van der Waals surface area contributed by atoms with Crippen molar-refractivity contribution in [1.29, 1.82) is 0 Å². The molecule has 1 heterocycles. The van der Waals surface area contributed by atoms with E-state index >= 15 is 0 Å². The van der Waals surface area contributed by atoms with Gasteiger partial charge in [0.25, 0.3) is 5.91 Å². The Hall–Kier alpha value is -3.26. The van der Waals surface area contributed by atoms with Crippen molar-refractivity contribution in [3.05, 3.63) is 47.0 Å².